The quantitative estimate of drug-likeness (QED) is 0.265. The molecule has 0 saturated carbocycles. The molecule has 0 radical (unpaired) electrons. The summed E-state index contributed by atoms with van der Waals surface area (Å²) in [6, 6.07) is 11.4. The zero-order valence-corrected chi connectivity index (χ0v) is 14.7. The molecule has 8 nitrogen and oxygen atoms in total. The van der Waals surface area contributed by atoms with Crippen LogP contribution in [0.3, 0.4) is 0 Å². The van der Waals surface area contributed by atoms with E-state index in [-0.39, 0.29) is 16.2 Å². The Morgan fingerprint density at radius 2 is 2.00 bits per heavy atom. The molecule has 0 aliphatic rings. The van der Waals surface area contributed by atoms with Crippen LogP contribution < -0.4 is 16.4 Å². The Kier molecular flexibility index (Phi) is 5.84. The standard InChI is InChI=1S/C16H13ClN4O4S/c17-14-6-11(19)4-5-15(14)20-9-10(8-18)16(22)21-12-2-1-3-13(7-12)26(23,24)25/h1-7,9,20H,19H2,(H,21,22)(H,23,24,25)/b10-9-. The summed E-state index contributed by atoms with van der Waals surface area (Å²) in [7, 11) is -4.41. The predicted octanol–water partition coefficient (Wildman–Crippen LogP) is 2.63. The Morgan fingerprint density at radius 3 is 2.62 bits per heavy atom. The number of carbonyl (C=O) groups excluding carboxylic acids is 1. The van der Waals surface area contributed by atoms with E-state index >= 15 is 0 Å². The fourth-order valence-corrected chi connectivity index (χ4v) is 2.65. The van der Waals surface area contributed by atoms with Crippen LogP contribution in [0.5, 0.6) is 0 Å². The Bertz CT molecular complexity index is 1030. The van der Waals surface area contributed by atoms with E-state index in [1.807, 2.05) is 0 Å². The molecule has 0 aromatic heterocycles. The molecule has 5 N–H and O–H groups in total. The highest BCUT2D eigenvalue weighted by atomic mass is 35.5. The van der Waals surface area contributed by atoms with Crippen LogP contribution in [0.4, 0.5) is 17.1 Å². The number of nitrogens with two attached hydrogens (primary N) is 1. The Labute approximate surface area is 154 Å². The molecule has 0 heterocycles. The van der Waals surface area contributed by atoms with Crippen LogP contribution in [0.1, 0.15) is 0 Å². The van der Waals surface area contributed by atoms with Crippen molar-refractivity contribution in [3.05, 3.63) is 59.3 Å². The molecule has 0 aliphatic carbocycles. The van der Waals surface area contributed by atoms with E-state index in [0.717, 1.165) is 18.3 Å². The van der Waals surface area contributed by atoms with Crippen molar-refractivity contribution in [1.29, 1.82) is 5.26 Å². The molecule has 0 spiro atoms. The van der Waals surface area contributed by atoms with Crippen molar-refractivity contribution >= 4 is 44.7 Å². The fourth-order valence-electron chi connectivity index (χ4n) is 1.88. The zero-order chi connectivity index (χ0) is 19.3. The van der Waals surface area contributed by atoms with Gasteiger partial charge < -0.3 is 16.4 Å². The lowest BCUT2D eigenvalue weighted by atomic mass is 10.2. The molecule has 0 unspecified atom stereocenters. The summed E-state index contributed by atoms with van der Waals surface area (Å²) >= 11 is 5.99. The van der Waals surface area contributed by atoms with Crippen LogP contribution in [0, 0.1) is 11.3 Å². The maximum atomic E-state index is 12.2. The predicted molar refractivity (Wildman–Crippen MR) is 98.1 cm³/mol. The van der Waals surface area contributed by atoms with Crippen molar-refractivity contribution in [2.45, 2.75) is 4.90 Å². The molecule has 0 atom stereocenters. The van der Waals surface area contributed by atoms with Gasteiger partial charge in [0.15, 0.2) is 0 Å². The number of nitrogens with one attached hydrogen (secondary N) is 2. The van der Waals surface area contributed by atoms with Gasteiger partial charge in [-0.05, 0) is 36.4 Å². The first-order valence-corrected chi connectivity index (χ1v) is 8.83. The third kappa shape index (κ3) is 4.97. The van der Waals surface area contributed by atoms with Gasteiger partial charge in [-0.15, -0.1) is 0 Å². The van der Waals surface area contributed by atoms with Crippen molar-refractivity contribution in [3.63, 3.8) is 0 Å². The maximum Gasteiger partial charge on any atom is 0.294 e. The number of hydrogen-bond acceptors (Lipinski definition) is 6. The Morgan fingerprint density at radius 1 is 1.27 bits per heavy atom. The largest absolute Gasteiger partial charge is 0.399 e. The minimum atomic E-state index is -4.41. The minimum Gasteiger partial charge on any atom is -0.399 e. The van der Waals surface area contributed by atoms with Gasteiger partial charge in [0.2, 0.25) is 0 Å². The van der Waals surface area contributed by atoms with E-state index in [9.17, 15) is 13.2 Å². The molecule has 2 aromatic carbocycles. The van der Waals surface area contributed by atoms with Gasteiger partial charge >= 0.3 is 0 Å². The third-order valence-electron chi connectivity index (χ3n) is 3.12. The number of amides is 1. The molecule has 2 rings (SSSR count). The summed E-state index contributed by atoms with van der Waals surface area (Å²) in [6.07, 6.45) is 1.15. The van der Waals surface area contributed by atoms with E-state index in [0.29, 0.717) is 16.4 Å². The molecular weight excluding hydrogens is 380 g/mol. The topological polar surface area (TPSA) is 145 Å². The molecule has 0 fully saturated rings. The van der Waals surface area contributed by atoms with Crippen molar-refractivity contribution in [1.82, 2.24) is 0 Å². The number of hydrogen-bond donors (Lipinski definition) is 4. The van der Waals surface area contributed by atoms with Crippen LogP contribution in [0.25, 0.3) is 0 Å². The van der Waals surface area contributed by atoms with Crippen molar-refractivity contribution in [2.24, 2.45) is 0 Å². The fraction of sp³-hybridized carbons (Fsp3) is 0. The van der Waals surface area contributed by atoms with Gasteiger partial charge in [-0.1, -0.05) is 17.7 Å². The van der Waals surface area contributed by atoms with E-state index in [1.54, 1.807) is 18.2 Å². The lowest BCUT2D eigenvalue weighted by Crippen LogP contribution is -2.15. The van der Waals surface area contributed by atoms with E-state index in [4.69, 9.17) is 27.1 Å². The molecule has 0 aliphatic heterocycles. The average molecular weight is 393 g/mol. The van der Waals surface area contributed by atoms with Gasteiger partial charge in [-0.25, -0.2) is 0 Å². The van der Waals surface area contributed by atoms with Gasteiger partial charge in [0.1, 0.15) is 11.6 Å². The van der Waals surface area contributed by atoms with E-state index < -0.39 is 16.0 Å². The van der Waals surface area contributed by atoms with Gasteiger partial charge in [0, 0.05) is 17.6 Å². The number of nitrogens with zero attached hydrogens (tertiary/aromatic N) is 1. The molecule has 10 heteroatoms. The SMILES string of the molecule is N#C/C(=C/Nc1ccc(N)cc1Cl)C(=O)Nc1cccc(S(=O)(=O)O)c1. The van der Waals surface area contributed by atoms with Crippen LogP contribution >= 0.6 is 11.6 Å². The van der Waals surface area contributed by atoms with Crippen LogP contribution in [0.15, 0.2) is 59.1 Å². The molecule has 1 amide bonds. The number of rotatable bonds is 5. The summed E-state index contributed by atoms with van der Waals surface area (Å²) in [5.74, 6) is -0.779. The van der Waals surface area contributed by atoms with Gasteiger partial charge in [0.25, 0.3) is 16.0 Å². The van der Waals surface area contributed by atoms with Gasteiger partial charge in [-0.3, -0.25) is 9.35 Å². The highest BCUT2D eigenvalue weighted by molar-refractivity contribution is 7.85. The molecule has 0 saturated heterocycles. The molecule has 134 valence electrons. The Hall–Kier alpha value is -3.06. The monoisotopic (exact) mass is 392 g/mol. The van der Waals surface area contributed by atoms with Crippen molar-refractivity contribution < 1.29 is 17.8 Å². The molecule has 0 bridgehead atoms. The smallest absolute Gasteiger partial charge is 0.294 e. The number of halogens is 1. The second-order valence-electron chi connectivity index (χ2n) is 5.01. The second-order valence-corrected chi connectivity index (χ2v) is 6.84. The van der Waals surface area contributed by atoms with Crippen molar-refractivity contribution in [3.8, 4) is 6.07 Å². The lowest BCUT2D eigenvalue weighted by molar-refractivity contribution is -0.112. The molecular formula is C16H13ClN4O4S. The number of nitrogen functional groups attached to an aromatic ring is 1. The summed E-state index contributed by atoms with van der Waals surface area (Å²) < 4.78 is 31.3. The van der Waals surface area contributed by atoms with Crippen LogP contribution in [0.2, 0.25) is 5.02 Å². The highest BCUT2D eigenvalue weighted by Gasteiger charge is 2.13. The average Bonchev–Trinajstić information content (AvgIpc) is 2.56. The van der Waals surface area contributed by atoms with Gasteiger partial charge in [-0.2, -0.15) is 13.7 Å². The highest BCUT2D eigenvalue weighted by Crippen LogP contribution is 2.24. The van der Waals surface area contributed by atoms with E-state index in [2.05, 4.69) is 10.6 Å². The first kappa shape index (κ1) is 19.3. The third-order valence-corrected chi connectivity index (χ3v) is 4.28. The van der Waals surface area contributed by atoms with Crippen molar-refractivity contribution in [2.75, 3.05) is 16.4 Å². The van der Waals surface area contributed by atoms with Crippen LogP contribution in [-0.4, -0.2) is 18.9 Å². The minimum absolute atomic E-state index is 0.0943. The second kappa shape index (κ2) is 7.88. The Balaban J connectivity index is 2.17. The summed E-state index contributed by atoms with van der Waals surface area (Å²) in [6.45, 7) is 0. The normalized spacial score (nSPS) is 11.5. The van der Waals surface area contributed by atoms with E-state index in [1.165, 1.54) is 18.2 Å². The number of benzene rings is 2. The van der Waals surface area contributed by atoms with Crippen LogP contribution in [-0.2, 0) is 14.9 Å². The first-order valence-electron chi connectivity index (χ1n) is 7.01. The van der Waals surface area contributed by atoms with Gasteiger partial charge in [0.05, 0.1) is 15.6 Å². The molecule has 26 heavy (non-hydrogen) atoms. The number of carbonyl (C=O) groups is 1. The maximum absolute atomic E-state index is 12.2. The summed E-state index contributed by atoms with van der Waals surface area (Å²) in [5.41, 5.74) is 6.29. The number of nitriles is 1. The summed E-state index contributed by atoms with van der Waals surface area (Å²) in [4.78, 5) is 11.8. The summed E-state index contributed by atoms with van der Waals surface area (Å²) in [5, 5.41) is 14.5. The lowest BCUT2D eigenvalue weighted by Gasteiger charge is -2.07. The molecule has 2 aromatic rings. The number of anilines is 3. The first-order chi connectivity index (χ1) is 12.2. The zero-order valence-electron chi connectivity index (χ0n) is 13.1.